The highest BCUT2D eigenvalue weighted by Gasteiger charge is 2.08. The Bertz CT molecular complexity index is 842. The monoisotopic (exact) mass is 320 g/mol. The van der Waals surface area contributed by atoms with Crippen molar-refractivity contribution in [3.05, 3.63) is 60.6 Å². The second kappa shape index (κ2) is 7.55. The molecule has 5 heteroatoms. The molecule has 0 fully saturated rings. The van der Waals surface area contributed by atoms with Crippen LogP contribution < -0.4 is 10.6 Å². The van der Waals surface area contributed by atoms with Gasteiger partial charge in [0.05, 0.1) is 11.2 Å². The number of nitrogens with zero attached hydrogens (tertiary/aromatic N) is 2. The third-order valence-corrected chi connectivity index (χ3v) is 3.72. The number of rotatable bonds is 6. The van der Waals surface area contributed by atoms with Crippen LogP contribution >= 0.6 is 0 Å². The number of hydrogen-bond acceptors (Lipinski definition) is 4. The molecule has 1 aromatic carbocycles. The molecule has 24 heavy (non-hydrogen) atoms. The zero-order valence-corrected chi connectivity index (χ0v) is 13.6. The van der Waals surface area contributed by atoms with E-state index in [1.807, 2.05) is 36.4 Å². The largest absolute Gasteiger partial charge is 0.354 e. The lowest BCUT2D eigenvalue weighted by atomic mass is 10.2. The summed E-state index contributed by atoms with van der Waals surface area (Å²) in [6.45, 7) is 2.76. The van der Waals surface area contributed by atoms with E-state index in [1.54, 1.807) is 18.5 Å². The van der Waals surface area contributed by atoms with E-state index in [4.69, 9.17) is 0 Å². The van der Waals surface area contributed by atoms with Crippen LogP contribution in [-0.2, 0) is 0 Å². The summed E-state index contributed by atoms with van der Waals surface area (Å²) in [6, 6.07) is 13.5. The van der Waals surface area contributed by atoms with Crippen LogP contribution in [0.5, 0.6) is 0 Å². The lowest BCUT2D eigenvalue weighted by Crippen LogP contribution is -2.25. The summed E-state index contributed by atoms with van der Waals surface area (Å²) in [6.07, 6.45) is 5.41. The molecule has 0 saturated heterocycles. The van der Waals surface area contributed by atoms with Crippen molar-refractivity contribution in [2.45, 2.75) is 19.8 Å². The summed E-state index contributed by atoms with van der Waals surface area (Å²) in [5, 5.41) is 7.27. The first kappa shape index (κ1) is 15.9. The molecule has 0 aliphatic rings. The van der Waals surface area contributed by atoms with Crippen LogP contribution in [0.3, 0.4) is 0 Å². The van der Waals surface area contributed by atoms with E-state index in [-0.39, 0.29) is 5.91 Å². The van der Waals surface area contributed by atoms with Crippen molar-refractivity contribution in [3.63, 3.8) is 0 Å². The van der Waals surface area contributed by atoms with Crippen LogP contribution in [0.4, 0.5) is 11.4 Å². The Kier molecular flexibility index (Phi) is 5.01. The first-order valence-electron chi connectivity index (χ1n) is 8.13. The van der Waals surface area contributed by atoms with Gasteiger partial charge in [0, 0.05) is 30.0 Å². The number of nitrogens with one attached hydrogen (secondary N) is 2. The smallest absolute Gasteiger partial charge is 0.269 e. The minimum Gasteiger partial charge on any atom is -0.354 e. The highest BCUT2D eigenvalue weighted by Crippen LogP contribution is 2.24. The molecule has 3 aromatic rings. The zero-order chi connectivity index (χ0) is 16.8. The molecule has 0 saturated carbocycles. The van der Waals surface area contributed by atoms with E-state index in [1.165, 1.54) is 0 Å². The molecule has 0 atom stereocenters. The first-order valence-corrected chi connectivity index (χ1v) is 8.13. The highest BCUT2D eigenvalue weighted by atomic mass is 16.1. The molecule has 0 unspecified atom stereocenters. The van der Waals surface area contributed by atoms with Gasteiger partial charge in [-0.1, -0.05) is 31.5 Å². The van der Waals surface area contributed by atoms with E-state index < -0.39 is 0 Å². The van der Waals surface area contributed by atoms with Gasteiger partial charge in [-0.25, -0.2) is 0 Å². The molecule has 0 bridgehead atoms. The number of carbonyl (C=O) groups excluding carboxylic acids is 1. The Labute approximate surface area is 141 Å². The van der Waals surface area contributed by atoms with Crippen molar-refractivity contribution in [2.24, 2.45) is 0 Å². The molecular formula is C19H20N4O. The van der Waals surface area contributed by atoms with Crippen LogP contribution in [0.2, 0.25) is 0 Å². The van der Waals surface area contributed by atoms with Gasteiger partial charge in [0.15, 0.2) is 0 Å². The van der Waals surface area contributed by atoms with Crippen LogP contribution in [0, 0.1) is 0 Å². The molecule has 2 N–H and O–H groups in total. The minimum atomic E-state index is -0.150. The number of aromatic nitrogens is 2. The predicted molar refractivity (Wildman–Crippen MR) is 96.5 cm³/mol. The van der Waals surface area contributed by atoms with Crippen molar-refractivity contribution in [3.8, 4) is 0 Å². The van der Waals surface area contributed by atoms with E-state index in [2.05, 4.69) is 27.5 Å². The Balaban J connectivity index is 1.80. The molecule has 0 aliphatic carbocycles. The molecule has 122 valence electrons. The molecule has 2 heterocycles. The summed E-state index contributed by atoms with van der Waals surface area (Å²) in [4.78, 5) is 20.7. The van der Waals surface area contributed by atoms with Gasteiger partial charge in [0.1, 0.15) is 5.69 Å². The number of pyridine rings is 2. The topological polar surface area (TPSA) is 66.9 Å². The van der Waals surface area contributed by atoms with E-state index in [0.29, 0.717) is 12.2 Å². The van der Waals surface area contributed by atoms with Gasteiger partial charge < -0.3 is 10.6 Å². The van der Waals surface area contributed by atoms with Gasteiger partial charge in [-0.05, 0) is 30.7 Å². The van der Waals surface area contributed by atoms with Gasteiger partial charge in [0.25, 0.3) is 5.91 Å². The summed E-state index contributed by atoms with van der Waals surface area (Å²) < 4.78 is 0. The number of benzene rings is 1. The zero-order valence-electron chi connectivity index (χ0n) is 13.6. The Morgan fingerprint density at radius 2 is 1.96 bits per heavy atom. The summed E-state index contributed by atoms with van der Waals surface area (Å²) >= 11 is 0. The van der Waals surface area contributed by atoms with Gasteiger partial charge in [-0.15, -0.1) is 0 Å². The molecule has 0 radical (unpaired) electrons. The quantitative estimate of drug-likeness (QED) is 0.676. The van der Waals surface area contributed by atoms with Gasteiger partial charge in [-0.3, -0.25) is 14.8 Å². The Morgan fingerprint density at radius 3 is 2.83 bits per heavy atom. The number of para-hydroxylation sites is 1. The fraction of sp³-hybridized carbons (Fsp3) is 0.211. The van der Waals surface area contributed by atoms with E-state index >= 15 is 0 Å². The maximum atomic E-state index is 12.1. The van der Waals surface area contributed by atoms with Crippen LogP contribution in [-0.4, -0.2) is 22.4 Å². The fourth-order valence-electron chi connectivity index (χ4n) is 2.46. The van der Waals surface area contributed by atoms with Crippen molar-refractivity contribution in [1.29, 1.82) is 0 Å². The van der Waals surface area contributed by atoms with Gasteiger partial charge in [0.2, 0.25) is 0 Å². The molecule has 0 aliphatic heterocycles. The molecular weight excluding hydrogens is 300 g/mol. The van der Waals surface area contributed by atoms with E-state index in [0.717, 1.165) is 35.1 Å². The maximum Gasteiger partial charge on any atom is 0.269 e. The van der Waals surface area contributed by atoms with Crippen molar-refractivity contribution in [1.82, 2.24) is 15.3 Å². The maximum absolute atomic E-state index is 12.1. The Morgan fingerprint density at radius 1 is 1.08 bits per heavy atom. The molecule has 0 spiro atoms. The third-order valence-electron chi connectivity index (χ3n) is 3.72. The van der Waals surface area contributed by atoms with E-state index in [9.17, 15) is 4.79 Å². The predicted octanol–water partition coefficient (Wildman–Crippen LogP) is 3.90. The first-order chi connectivity index (χ1) is 11.8. The van der Waals surface area contributed by atoms with Crippen LogP contribution in [0.1, 0.15) is 30.3 Å². The molecule has 3 rings (SSSR count). The molecule has 2 aromatic heterocycles. The average molecular weight is 320 g/mol. The standard InChI is InChI=1S/C19H20N4O/c1-2-3-10-22-19(24)17-13-15(9-12-20-17)23-16-8-4-6-14-7-5-11-21-18(14)16/h4-9,11-13H,2-3,10H2,1H3,(H,20,23)(H,22,24). The van der Waals surface area contributed by atoms with Gasteiger partial charge >= 0.3 is 0 Å². The summed E-state index contributed by atoms with van der Waals surface area (Å²) in [7, 11) is 0. The van der Waals surface area contributed by atoms with Crippen LogP contribution in [0.25, 0.3) is 10.9 Å². The lowest BCUT2D eigenvalue weighted by Gasteiger charge is -2.10. The molecule has 5 nitrogen and oxygen atoms in total. The van der Waals surface area contributed by atoms with Crippen molar-refractivity contribution < 1.29 is 4.79 Å². The number of fused-ring (bicyclic) bond motifs is 1. The highest BCUT2D eigenvalue weighted by molar-refractivity contribution is 5.94. The third kappa shape index (κ3) is 3.68. The number of carbonyl (C=O) groups is 1. The van der Waals surface area contributed by atoms with Crippen LogP contribution in [0.15, 0.2) is 54.9 Å². The lowest BCUT2D eigenvalue weighted by molar-refractivity contribution is 0.0948. The number of amides is 1. The summed E-state index contributed by atoms with van der Waals surface area (Å²) in [5.74, 6) is -0.150. The number of unbranched alkanes of at least 4 members (excludes halogenated alkanes) is 1. The summed E-state index contributed by atoms with van der Waals surface area (Å²) in [5.41, 5.74) is 3.01. The molecule has 1 amide bonds. The minimum absolute atomic E-state index is 0.150. The average Bonchev–Trinajstić information content (AvgIpc) is 2.62. The fourth-order valence-corrected chi connectivity index (χ4v) is 2.46. The van der Waals surface area contributed by atoms with Gasteiger partial charge in [-0.2, -0.15) is 0 Å². The Hall–Kier alpha value is -2.95. The second-order valence-electron chi connectivity index (χ2n) is 5.54. The van der Waals surface area contributed by atoms with Crippen molar-refractivity contribution in [2.75, 3.05) is 11.9 Å². The SMILES string of the molecule is CCCCNC(=O)c1cc(Nc2cccc3cccnc23)ccn1. The normalized spacial score (nSPS) is 10.5. The number of anilines is 2. The number of hydrogen-bond donors (Lipinski definition) is 2. The second-order valence-corrected chi connectivity index (χ2v) is 5.54. The van der Waals surface area contributed by atoms with Crippen molar-refractivity contribution >= 4 is 28.2 Å².